The average molecular weight is 340 g/mol. The topological polar surface area (TPSA) is 97.1 Å². The van der Waals surface area contributed by atoms with E-state index in [0.717, 1.165) is 39.3 Å². The van der Waals surface area contributed by atoms with E-state index in [-0.39, 0.29) is 24.0 Å². The van der Waals surface area contributed by atoms with E-state index in [4.69, 9.17) is 15.2 Å². The van der Waals surface area contributed by atoms with Crippen LogP contribution in [0.15, 0.2) is 0 Å². The van der Waals surface area contributed by atoms with Crippen molar-refractivity contribution in [3.05, 3.63) is 0 Å². The molecule has 3 rings (SSSR count). The molecular formula is C16H28N4O4. The summed E-state index contributed by atoms with van der Waals surface area (Å²) in [6.45, 7) is 5.96. The number of nitrogens with two attached hydrogens (primary N) is 1. The van der Waals surface area contributed by atoms with Crippen LogP contribution in [0.25, 0.3) is 0 Å². The predicted octanol–water partition coefficient (Wildman–Crippen LogP) is -1.46. The molecule has 0 radical (unpaired) electrons. The molecule has 3 N–H and O–H groups in total. The van der Waals surface area contributed by atoms with Crippen molar-refractivity contribution in [2.45, 2.75) is 37.5 Å². The number of likely N-dealkylation sites (tertiary alicyclic amines) is 1. The molecule has 3 atom stereocenters. The Hall–Kier alpha value is -1.22. The number of hydrogen-bond acceptors (Lipinski definition) is 6. The third-order valence-corrected chi connectivity index (χ3v) is 5.01. The van der Waals surface area contributed by atoms with Gasteiger partial charge in [0.1, 0.15) is 6.10 Å². The number of ether oxygens (including phenoxy) is 2. The summed E-state index contributed by atoms with van der Waals surface area (Å²) in [6.07, 6.45) is 1.47. The van der Waals surface area contributed by atoms with Crippen LogP contribution in [0.1, 0.15) is 19.3 Å². The van der Waals surface area contributed by atoms with Gasteiger partial charge in [-0.1, -0.05) is 0 Å². The lowest BCUT2D eigenvalue weighted by Gasteiger charge is -2.28. The van der Waals surface area contributed by atoms with Crippen LogP contribution in [-0.2, 0) is 19.1 Å². The number of carbonyl (C=O) groups is 2. The molecular weight excluding hydrogens is 312 g/mol. The summed E-state index contributed by atoms with van der Waals surface area (Å²) in [7, 11) is 0. The average Bonchev–Trinajstić information content (AvgIpc) is 3.20. The molecule has 0 aromatic carbocycles. The first-order valence-electron chi connectivity index (χ1n) is 8.89. The fourth-order valence-corrected chi connectivity index (χ4v) is 3.54. The number of amides is 2. The molecule has 0 aliphatic carbocycles. The first-order valence-corrected chi connectivity index (χ1v) is 8.89. The highest BCUT2D eigenvalue weighted by Crippen LogP contribution is 2.20. The third kappa shape index (κ3) is 4.44. The highest BCUT2D eigenvalue weighted by Gasteiger charge is 2.35. The molecule has 3 aliphatic rings. The number of nitrogens with zero attached hydrogens (tertiary/aromatic N) is 2. The fourth-order valence-electron chi connectivity index (χ4n) is 3.54. The van der Waals surface area contributed by atoms with Crippen molar-refractivity contribution in [2.75, 3.05) is 52.5 Å². The van der Waals surface area contributed by atoms with Gasteiger partial charge in [0.2, 0.25) is 11.8 Å². The lowest BCUT2D eigenvalue weighted by molar-refractivity contribution is -0.132. The van der Waals surface area contributed by atoms with Crippen molar-refractivity contribution < 1.29 is 19.1 Å². The second-order valence-electron chi connectivity index (χ2n) is 6.76. The Morgan fingerprint density at radius 1 is 1.25 bits per heavy atom. The maximum absolute atomic E-state index is 12.3. The highest BCUT2D eigenvalue weighted by molar-refractivity contribution is 5.84. The van der Waals surface area contributed by atoms with Crippen LogP contribution in [-0.4, -0.2) is 92.3 Å². The summed E-state index contributed by atoms with van der Waals surface area (Å²) in [5.74, 6) is -0.000450. The van der Waals surface area contributed by atoms with Crippen molar-refractivity contribution in [3.63, 3.8) is 0 Å². The number of carbonyl (C=O) groups excluding carboxylic acids is 2. The zero-order valence-corrected chi connectivity index (χ0v) is 14.1. The maximum atomic E-state index is 12.3. The Bertz CT molecular complexity index is 455. The SMILES string of the molecule is NC[C@H]1CC[C@@H](C(=O)NC2CC(=O)N(CCN3CCOCC3)C2)O1. The van der Waals surface area contributed by atoms with Crippen LogP contribution in [0, 0.1) is 0 Å². The van der Waals surface area contributed by atoms with E-state index in [1.807, 2.05) is 4.90 Å². The Morgan fingerprint density at radius 3 is 2.75 bits per heavy atom. The van der Waals surface area contributed by atoms with Gasteiger partial charge in [0, 0.05) is 45.7 Å². The Morgan fingerprint density at radius 2 is 2.04 bits per heavy atom. The van der Waals surface area contributed by atoms with E-state index < -0.39 is 6.10 Å². The van der Waals surface area contributed by atoms with Gasteiger partial charge in [0.25, 0.3) is 0 Å². The minimum atomic E-state index is -0.420. The van der Waals surface area contributed by atoms with Crippen molar-refractivity contribution in [1.82, 2.24) is 15.1 Å². The molecule has 3 saturated heterocycles. The molecule has 0 aromatic rings. The molecule has 3 aliphatic heterocycles. The smallest absolute Gasteiger partial charge is 0.249 e. The van der Waals surface area contributed by atoms with Crippen LogP contribution < -0.4 is 11.1 Å². The zero-order chi connectivity index (χ0) is 16.9. The number of morpholine rings is 1. The lowest BCUT2D eigenvalue weighted by Crippen LogP contribution is -2.44. The molecule has 0 spiro atoms. The van der Waals surface area contributed by atoms with Gasteiger partial charge in [-0.25, -0.2) is 0 Å². The summed E-state index contributed by atoms with van der Waals surface area (Å²) in [4.78, 5) is 28.5. The van der Waals surface area contributed by atoms with Gasteiger partial charge in [-0.3, -0.25) is 14.5 Å². The van der Waals surface area contributed by atoms with Gasteiger partial charge in [0.05, 0.1) is 25.4 Å². The molecule has 24 heavy (non-hydrogen) atoms. The number of rotatable bonds is 6. The molecule has 0 bridgehead atoms. The molecule has 0 aromatic heterocycles. The molecule has 0 saturated carbocycles. The molecule has 136 valence electrons. The summed E-state index contributed by atoms with van der Waals surface area (Å²) in [6, 6.07) is -0.116. The van der Waals surface area contributed by atoms with Gasteiger partial charge >= 0.3 is 0 Å². The van der Waals surface area contributed by atoms with Crippen LogP contribution in [0.2, 0.25) is 0 Å². The third-order valence-electron chi connectivity index (χ3n) is 5.01. The second kappa shape index (κ2) is 8.24. The fraction of sp³-hybridized carbons (Fsp3) is 0.875. The summed E-state index contributed by atoms with van der Waals surface area (Å²) >= 11 is 0. The monoisotopic (exact) mass is 340 g/mol. The Balaban J connectivity index is 1.40. The second-order valence-corrected chi connectivity index (χ2v) is 6.76. The van der Waals surface area contributed by atoms with Crippen molar-refractivity contribution in [1.29, 1.82) is 0 Å². The molecule has 1 unspecified atom stereocenters. The van der Waals surface area contributed by atoms with Crippen molar-refractivity contribution in [3.8, 4) is 0 Å². The molecule has 8 heteroatoms. The maximum Gasteiger partial charge on any atom is 0.249 e. The Kier molecular flexibility index (Phi) is 6.04. The van der Waals surface area contributed by atoms with E-state index in [2.05, 4.69) is 10.2 Å². The zero-order valence-electron chi connectivity index (χ0n) is 14.1. The highest BCUT2D eigenvalue weighted by atomic mass is 16.5. The van der Waals surface area contributed by atoms with Crippen molar-refractivity contribution in [2.24, 2.45) is 5.73 Å². The van der Waals surface area contributed by atoms with Crippen LogP contribution in [0.3, 0.4) is 0 Å². The minimum absolute atomic E-state index is 0.0176. The summed E-state index contributed by atoms with van der Waals surface area (Å²) in [5.41, 5.74) is 5.57. The van der Waals surface area contributed by atoms with Gasteiger partial charge < -0.3 is 25.4 Å². The Labute approximate surface area is 142 Å². The van der Waals surface area contributed by atoms with Crippen LogP contribution in [0.4, 0.5) is 0 Å². The van der Waals surface area contributed by atoms with E-state index in [1.165, 1.54) is 0 Å². The van der Waals surface area contributed by atoms with Gasteiger partial charge in [0.15, 0.2) is 0 Å². The van der Waals surface area contributed by atoms with E-state index in [1.54, 1.807) is 0 Å². The molecule has 2 amide bonds. The van der Waals surface area contributed by atoms with E-state index >= 15 is 0 Å². The van der Waals surface area contributed by atoms with Crippen molar-refractivity contribution >= 4 is 11.8 Å². The van der Waals surface area contributed by atoms with E-state index in [0.29, 0.717) is 32.5 Å². The van der Waals surface area contributed by atoms with Gasteiger partial charge in [-0.2, -0.15) is 0 Å². The first-order chi connectivity index (χ1) is 11.7. The van der Waals surface area contributed by atoms with Crippen LogP contribution in [0.5, 0.6) is 0 Å². The quantitative estimate of drug-likeness (QED) is 0.614. The minimum Gasteiger partial charge on any atom is -0.379 e. The number of nitrogens with one attached hydrogen (secondary N) is 1. The molecule has 3 heterocycles. The first kappa shape index (κ1) is 17.6. The molecule has 8 nitrogen and oxygen atoms in total. The van der Waals surface area contributed by atoms with Gasteiger partial charge in [-0.15, -0.1) is 0 Å². The van der Waals surface area contributed by atoms with E-state index in [9.17, 15) is 9.59 Å². The lowest BCUT2D eigenvalue weighted by atomic mass is 10.1. The standard InChI is InChI=1S/C16H28N4O4/c17-10-13-1-2-14(24-13)16(22)18-12-9-15(21)20(11-12)4-3-19-5-7-23-8-6-19/h12-14H,1-11,17H2,(H,18,22)/t12?,13-,14+/m1/s1. The largest absolute Gasteiger partial charge is 0.379 e. The summed E-state index contributed by atoms with van der Waals surface area (Å²) in [5, 5.41) is 2.96. The molecule has 3 fully saturated rings. The predicted molar refractivity (Wildman–Crippen MR) is 87.3 cm³/mol. The summed E-state index contributed by atoms with van der Waals surface area (Å²) < 4.78 is 10.9. The van der Waals surface area contributed by atoms with Crippen LogP contribution >= 0.6 is 0 Å². The van der Waals surface area contributed by atoms with Gasteiger partial charge in [-0.05, 0) is 12.8 Å². The normalized spacial score (nSPS) is 31.6. The number of hydrogen-bond donors (Lipinski definition) is 2.